The van der Waals surface area contributed by atoms with Crippen LogP contribution in [0.4, 0.5) is 0 Å². The summed E-state index contributed by atoms with van der Waals surface area (Å²) in [5, 5.41) is 42.0. The molecule has 3 heterocycles. The van der Waals surface area contributed by atoms with E-state index < -0.39 is 11.9 Å². The van der Waals surface area contributed by atoms with E-state index in [0.29, 0.717) is 11.1 Å². The average Bonchev–Trinajstić information content (AvgIpc) is 3.97. The van der Waals surface area contributed by atoms with Crippen molar-refractivity contribution in [2.75, 3.05) is 0 Å². The Labute approximate surface area is 357 Å². The van der Waals surface area contributed by atoms with Gasteiger partial charge in [-0.1, -0.05) is 88.8 Å². The fourth-order valence-corrected chi connectivity index (χ4v) is 9.16. The number of hydrogen-bond donors (Lipinski definition) is 2. The predicted octanol–water partition coefficient (Wildman–Crippen LogP) is 12.4. The number of nitriles is 2. The molecule has 0 amide bonds. The zero-order chi connectivity index (χ0) is 42.6. The number of aliphatic carboxylic acids is 2. The Kier molecular flexibility index (Phi) is 11.8. The molecule has 0 aliphatic carbocycles. The van der Waals surface area contributed by atoms with E-state index in [2.05, 4.69) is 71.5 Å². The van der Waals surface area contributed by atoms with Gasteiger partial charge in [0.25, 0.3) is 0 Å². The third-order valence-corrected chi connectivity index (χ3v) is 12.1. The Morgan fingerprint density at radius 3 is 1.34 bits per heavy atom. The molecular formula is C50H44N6O4S. The highest BCUT2D eigenvalue weighted by molar-refractivity contribution is 7.00. The number of unbranched alkanes of at least 4 members (excludes halogenated alkanes) is 6. The maximum atomic E-state index is 11.7. The van der Waals surface area contributed by atoms with Crippen LogP contribution in [-0.4, -0.2) is 40.0 Å². The van der Waals surface area contributed by atoms with E-state index in [4.69, 9.17) is 8.75 Å². The van der Waals surface area contributed by atoms with E-state index in [0.717, 1.165) is 129 Å². The van der Waals surface area contributed by atoms with Crippen LogP contribution in [0.2, 0.25) is 0 Å². The Balaban J connectivity index is 1.24. The monoisotopic (exact) mass is 824 g/mol. The Morgan fingerprint density at radius 1 is 0.574 bits per heavy atom. The number of nitrogens with zero attached hydrogens (tertiary/aromatic N) is 6. The second kappa shape index (κ2) is 17.6. The number of rotatable bonds is 16. The van der Waals surface area contributed by atoms with E-state index in [1.165, 1.54) is 36.7 Å². The van der Waals surface area contributed by atoms with E-state index in [1.54, 1.807) is 12.1 Å². The first-order valence-electron chi connectivity index (χ1n) is 20.8. The number of aromatic nitrogens is 4. The maximum absolute atomic E-state index is 11.7. The fraction of sp³-hybridized carbons (Fsp3) is 0.240. The smallest absolute Gasteiger partial charge is 0.346 e. The van der Waals surface area contributed by atoms with E-state index in [-0.39, 0.29) is 11.1 Å². The predicted molar refractivity (Wildman–Crippen MR) is 245 cm³/mol. The molecule has 3 aromatic heterocycles. The van der Waals surface area contributed by atoms with Crippen LogP contribution in [0.1, 0.15) is 76.3 Å². The zero-order valence-electron chi connectivity index (χ0n) is 34.1. The van der Waals surface area contributed by atoms with Crippen LogP contribution in [0.3, 0.4) is 0 Å². The van der Waals surface area contributed by atoms with Gasteiger partial charge in [0.2, 0.25) is 0 Å². The van der Waals surface area contributed by atoms with E-state index in [9.17, 15) is 30.3 Å². The third kappa shape index (κ3) is 7.88. The summed E-state index contributed by atoms with van der Waals surface area (Å²) in [6.45, 7) is 6.11. The first kappa shape index (κ1) is 40.7. The minimum Gasteiger partial charge on any atom is -0.477 e. The zero-order valence-corrected chi connectivity index (χ0v) is 34.9. The molecule has 0 saturated heterocycles. The third-order valence-electron chi connectivity index (χ3n) is 11.6. The molecule has 8 aromatic rings. The number of benzene rings is 5. The summed E-state index contributed by atoms with van der Waals surface area (Å²) in [7, 11) is 0. The Hall–Kier alpha value is -7.08. The molecule has 0 aliphatic heterocycles. The summed E-state index contributed by atoms with van der Waals surface area (Å²) in [6.07, 6.45) is 11.8. The molecule has 11 heteroatoms. The molecule has 0 spiro atoms. The minimum atomic E-state index is -1.26. The summed E-state index contributed by atoms with van der Waals surface area (Å²) < 4.78 is 14.4. The van der Waals surface area contributed by atoms with Gasteiger partial charge in [-0.25, -0.2) is 9.59 Å². The number of hydrogen-bond acceptors (Lipinski definition) is 7. The summed E-state index contributed by atoms with van der Waals surface area (Å²) >= 11 is 1.17. The van der Waals surface area contributed by atoms with Crippen molar-refractivity contribution in [2.24, 2.45) is 0 Å². The lowest BCUT2D eigenvalue weighted by atomic mass is 9.96. The quantitative estimate of drug-likeness (QED) is 0.0553. The van der Waals surface area contributed by atoms with Gasteiger partial charge in [0.15, 0.2) is 0 Å². The van der Waals surface area contributed by atoms with Gasteiger partial charge in [-0.3, -0.25) is 0 Å². The van der Waals surface area contributed by atoms with Crippen LogP contribution in [0.15, 0.2) is 96.1 Å². The highest BCUT2D eigenvalue weighted by atomic mass is 32.1. The van der Waals surface area contributed by atoms with Crippen molar-refractivity contribution in [1.29, 1.82) is 10.5 Å². The Morgan fingerprint density at radius 2 is 0.967 bits per heavy atom. The summed E-state index contributed by atoms with van der Waals surface area (Å²) in [5.74, 6) is -2.52. The molecule has 61 heavy (non-hydrogen) atoms. The standard InChI is InChI=1S/C50H44N6O4S/c1-3-5-7-9-21-55-43-17-11-31(23-35(29-51)49(57)58)25-39(43)41-27-33(13-19-45(41)55)37-15-16-38(48-47(37)53-61-54-48)34-14-20-46-42(28-34)40-26-32(24-36(30-52)50(59)60)12-18-44(40)56(46)22-10-8-6-4-2/h11-20,23-28H,3-10,21-22H2,1-2H3,(H,57,58)(H,59,60)/b35-23-,36-24-. The number of carboxylic acids is 2. The second-order valence-corrected chi connectivity index (χ2v) is 16.0. The van der Waals surface area contributed by atoms with Crippen LogP contribution < -0.4 is 0 Å². The molecule has 0 aliphatic rings. The van der Waals surface area contributed by atoms with Crippen LogP contribution in [0.25, 0.3) is 89.1 Å². The topological polar surface area (TPSA) is 158 Å². The molecule has 0 fully saturated rings. The number of aryl methyl sites for hydroxylation is 2. The van der Waals surface area contributed by atoms with Crippen molar-refractivity contribution in [2.45, 2.75) is 78.3 Å². The average molecular weight is 825 g/mol. The van der Waals surface area contributed by atoms with Gasteiger partial charge in [-0.2, -0.15) is 19.3 Å². The number of carboxylic acid groups (broad SMARTS) is 2. The number of fused-ring (bicyclic) bond motifs is 7. The van der Waals surface area contributed by atoms with Crippen molar-refractivity contribution in [3.63, 3.8) is 0 Å². The van der Waals surface area contributed by atoms with Crippen molar-refractivity contribution < 1.29 is 19.8 Å². The van der Waals surface area contributed by atoms with Crippen LogP contribution in [0.5, 0.6) is 0 Å². The van der Waals surface area contributed by atoms with Crippen LogP contribution >= 0.6 is 11.7 Å². The summed E-state index contributed by atoms with van der Waals surface area (Å²) in [6, 6.07) is 32.5. The molecule has 0 radical (unpaired) electrons. The van der Waals surface area contributed by atoms with Gasteiger partial charge in [0.05, 0.1) is 11.7 Å². The van der Waals surface area contributed by atoms with Crippen LogP contribution in [-0.2, 0) is 22.7 Å². The molecular weight excluding hydrogens is 781 g/mol. The SMILES string of the molecule is CCCCCCn1c2ccc(/C=C(/C#N)C(=O)O)cc2c2cc(-c3ccc(-c4ccc5c(c4)c4cc(/C=C(/C#N)C(=O)O)ccc4n5CCCCCC)c4nsnc34)ccc21. The second-order valence-electron chi connectivity index (χ2n) is 15.5. The van der Waals surface area contributed by atoms with Gasteiger partial charge >= 0.3 is 11.9 Å². The molecule has 5 aromatic carbocycles. The van der Waals surface area contributed by atoms with Gasteiger partial charge in [-0.05, 0) is 95.8 Å². The highest BCUT2D eigenvalue weighted by Crippen LogP contribution is 2.40. The summed E-state index contributed by atoms with van der Waals surface area (Å²) in [5.41, 5.74) is 10.4. The van der Waals surface area contributed by atoms with E-state index in [1.807, 2.05) is 36.4 Å². The largest absolute Gasteiger partial charge is 0.477 e. The lowest BCUT2D eigenvalue weighted by Crippen LogP contribution is -1.98. The molecule has 10 nitrogen and oxygen atoms in total. The van der Waals surface area contributed by atoms with Crippen molar-refractivity contribution in [3.05, 3.63) is 107 Å². The lowest BCUT2D eigenvalue weighted by Gasteiger charge is -2.10. The minimum absolute atomic E-state index is 0.319. The summed E-state index contributed by atoms with van der Waals surface area (Å²) in [4.78, 5) is 23.4. The van der Waals surface area contributed by atoms with E-state index >= 15 is 0 Å². The number of carbonyl (C=O) groups is 2. The first-order valence-corrected chi connectivity index (χ1v) is 21.6. The highest BCUT2D eigenvalue weighted by Gasteiger charge is 2.19. The van der Waals surface area contributed by atoms with Crippen molar-refractivity contribution in [3.8, 4) is 34.4 Å². The maximum Gasteiger partial charge on any atom is 0.346 e. The molecule has 0 saturated carbocycles. The molecule has 2 N–H and O–H groups in total. The van der Waals surface area contributed by atoms with Gasteiger partial charge < -0.3 is 19.3 Å². The molecule has 0 unspecified atom stereocenters. The normalized spacial score (nSPS) is 12.2. The Bertz CT molecular complexity index is 2960. The fourth-order valence-electron chi connectivity index (χ4n) is 8.58. The van der Waals surface area contributed by atoms with Gasteiger partial charge in [0, 0.05) is 67.8 Å². The lowest BCUT2D eigenvalue weighted by molar-refractivity contribution is -0.133. The van der Waals surface area contributed by atoms with Crippen molar-refractivity contribution >= 4 is 90.5 Å². The molecule has 0 atom stereocenters. The van der Waals surface area contributed by atoms with Crippen molar-refractivity contribution in [1.82, 2.24) is 17.9 Å². The van der Waals surface area contributed by atoms with Gasteiger partial charge in [0.1, 0.15) is 34.3 Å². The van der Waals surface area contributed by atoms with Gasteiger partial charge in [-0.15, -0.1) is 0 Å². The van der Waals surface area contributed by atoms with Crippen LogP contribution in [0, 0.1) is 22.7 Å². The molecule has 304 valence electrons. The first-order chi connectivity index (χ1) is 29.7. The molecule has 8 rings (SSSR count). The molecule has 0 bridgehead atoms.